The lowest BCUT2D eigenvalue weighted by atomic mass is 10.2. The van der Waals surface area contributed by atoms with Crippen molar-refractivity contribution in [3.8, 4) is 5.75 Å². The van der Waals surface area contributed by atoms with Gasteiger partial charge in [-0.2, -0.15) is 0 Å². The summed E-state index contributed by atoms with van der Waals surface area (Å²) in [6.07, 6.45) is 0. The quantitative estimate of drug-likeness (QED) is 0.477. The van der Waals surface area contributed by atoms with Gasteiger partial charge in [-0.25, -0.2) is 18.4 Å². The molecule has 7 nitrogen and oxygen atoms in total. The number of sulfonamides is 1. The van der Waals surface area contributed by atoms with E-state index in [2.05, 4.69) is 20.0 Å². The summed E-state index contributed by atoms with van der Waals surface area (Å²) in [7, 11) is -2.35. The molecular weight excluding hydrogens is 400 g/mol. The minimum absolute atomic E-state index is 0.0970. The number of rotatable bonds is 6. The average Bonchev–Trinajstić information content (AvgIpc) is 2.74. The summed E-state index contributed by atoms with van der Waals surface area (Å²) < 4.78 is 33.6. The van der Waals surface area contributed by atoms with E-state index < -0.39 is 10.0 Å². The fourth-order valence-electron chi connectivity index (χ4n) is 2.96. The normalized spacial score (nSPS) is 11.3. The predicted octanol–water partition coefficient (Wildman–Crippen LogP) is 4.49. The van der Waals surface area contributed by atoms with Crippen LogP contribution in [0.4, 0.5) is 17.3 Å². The Labute approximate surface area is 174 Å². The van der Waals surface area contributed by atoms with Gasteiger partial charge in [-0.15, -0.1) is 0 Å². The van der Waals surface area contributed by atoms with Crippen molar-refractivity contribution in [2.45, 2.75) is 11.8 Å². The minimum Gasteiger partial charge on any atom is -0.497 e. The van der Waals surface area contributed by atoms with Crippen LogP contribution in [0.25, 0.3) is 11.0 Å². The summed E-state index contributed by atoms with van der Waals surface area (Å²) in [5, 5.41) is 3.18. The molecule has 152 valence electrons. The highest BCUT2D eigenvalue weighted by atomic mass is 32.2. The summed E-state index contributed by atoms with van der Waals surface area (Å²) >= 11 is 0. The molecule has 0 bridgehead atoms. The number of ether oxygens (including phenoxy) is 1. The molecule has 0 radical (unpaired) electrons. The lowest BCUT2D eigenvalue weighted by Crippen LogP contribution is -2.16. The molecule has 0 aliphatic carbocycles. The number of aryl methyl sites for hydroxylation is 1. The van der Waals surface area contributed by atoms with Crippen molar-refractivity contribution in [1.82, 2.24) is 9.97 Å². The van der Waals surface area contributed by atoms with Crippen LogP contribution in [0, 0.1) is 6.92 Å². The van der Waals surface area contributed by atoms with Gasteiger partial charge in [-0.1, -0.05) is 24.3 Å². The fraction of sp³-hybridized carbons (Fsp3) is 0.0909. The zero-order valence-electron chi connectivity index (χ0n) is 16.5. The number of nitrogens with zero attached hydrogens (tertiary/aromatic N) is 2. The van der Waals surface area contributed by atoms with E-state index in [-0.39, 0.29) is 10.7 Å². The molecule has 0 spiro atoms. The van der Waals surface area contributed by atoms with Crippen LogP contribution in [0.3, 0.4) is 0 Å². The molecule has 0 unspecified atom stereocenters. The Morgan fingerprint density at radius 2 is 1.50 bits per heavy atom. The molecule has 0 aliphatic rings. The van der Waals surface area contributed by atoms with Gasteiger partial charge in [-0.3, -0.25) is 4.72 Å². The van der Waals surface area contributed by atoms with Crippen LogP contribution < -0.4 is 14.8 Å². The van der Waals surface area contributed by atoms with Gasteiger partial charge in [0.2, 0.25) is 0 Å². The zero-order chi connectivity index (χ0) is 21.1. The Bertz CT molecular complexity index is 1310. The Balaban J connectivity index is 1.75. The van der Waals surface area contributed by atoms with Gasteiger partial charge in [0.15, 0.2) is 11.6 Å². The highest BCUT2D eigenvalue weighted by molar-refractivity contribution is 7.92. The third-order valence-corrected chi connectivity index (χ3v) is 5.81. The van der Waals surface area contributed by atoms with E-state index in [1.54, 1.807) is 18.2 Å². The maximum atomic E-state index is 12.9. The first-order valence-corrected chi connectivity index (χ1v) is 10.7. The first kappa shape index (κ1) is 19.7. The Hall–Kier alpha value is -3.65. The zero-order valence-corrected chi connectivity index (χ0v) is 17.3. The number of para-hydroxylation sites is 2. The Morgan fingerprint density at radius 1 is 0.833 bits per heavy atom. The number of aromatic nitrogens is 2. The molecule has 0 saturated heterocycles. The molecule has 3 aromatic carbocycles. The maximum absolute atomic E-state index is 12.9. The summed E-state index contributed by atoms with van der Waals surface area (Å²) in [4.78, 5) is 9.18. The summed E-state index contributed by atoms with van der Waals surface area (Å²) in [6, 6.07) is 21.1. The third kappa shape index (κ3) is 4.18. The molecule has 1 aromatic heterocycles. The number of methoxy groups -OCH3 is 1. The topological polar surface area (TPSA) is 93.2 Å². The van der Waals surface area contributed by atoms with Crippen LogP contribution in [0.1, 0.15) is 5.56 Å². The van der Waals surface area contributed by atoms with Gasteiger partial charge in [0, 0.05) is 5.69 Å². The van der Waals surface area contributed by atoms with Gasteiger partial charge in [-0.05, 0) is 61.0 Å². The van der Waals surface area contributed by atoms with Crippen molar-refractivity contribution in [3.63, 3.8) is 0 Å². The molecule has 2 N–H and O–H groups in total. The van der Waals surface area contributed by atoms with Crippen molar-refractivity contribution in [2.75, 3.05) is 17.1 Å². The Kier molecular flexibility index (Phi) is 5.24. The van der Waals surface area contributed by atoms with Crippen LogP contribution in [-0.4, -0.2) is 25.5 Å². The molecule has 30 heavy (non-hydrogen) atoms. The minimum atomic E-state index is -3.88. The first-order chi connectivity index (χ1) is 14.4. The van der Waals surface area contributed by atoms with Crippen molar-refractivity contribution < 1.29 is 13.2 Å². The first-order valence-electron chi connectivity index (χ1n) is 9.22. The number of nitrogens with one attached hydrogen (secondary N) is 2. The average molecular weight is 420 g/mol. The van der Waals surface area contributed by atoms with Crippen LogP contribution in [0.2, 0.25) is 0 Å². The van der Waals surface area contributed by atoms with Crippen LogP contribution in [-0.2, 0) is 10.0 Å². The van der Waals surface area contributed by atoms with E-state index in [4.69, 9.17) is 4.74 Å². The van der Waals surface area contributed by atoms with E-state index in [9.17, 15) is 8.42 Å². The van der Waals surface area contributed by atoms with E-state index in [0.29, 0.717) is 22.6 Å². The van der Waals surface area contributed by atoms with Gasteiger partial charge < -0.3 is 10.1 Å². The third-order valence-electron chi connectivity index (χ3n) is 4.45. The second-order valence-electron chi connectivity index (χ2n) is 6.69. The van der Waals surface area contributed by atoms with Crippen LogP contribution in [0.15, 0.2) is 77.7 Å². The van der Waals surface area contributed by atoms with Gasteiger partial charge in [0.25, 0.3) is 10.0 Å². The molecule has 0 fully saturated rings. The molecule has 4 rings (SSSR count). The maximum Gasteiger partial charge on any atom is 0.263 e. The van der Waals surface area contributed by atoms with E-state index in [1.807, 2.05) is 49.4 Å². The monoisotopic (exact) mass is 420 g/mol. The van der Waals surface area contributed by atoms with Crippen molar-refractivity contribution >= 4 is 38.4 Å². The SMILES string of the molecule is COc1ccc(S(=O)(=O)Nc2nc3ccccc3nc2Nc2cccc(C)c2)cc1. The number of hydrogen-bond donors (Lipinski definition) is 2. The van der Waals surface area contributed by atoms with Gasteiger partial charge >= 0.3 is 0 Å². The number of fused-ring (bicyclic) bond motifs is 1. The van der Waals surface area contributed by atoms with Crippen molar-refractivity contribution in [2.24, 2.45) is 0 Å². The summed E-state index contributed by atoms with van der Waals surface area (Å²) in [6.45, 7) is 1.98. The Morgan fingerprint density at radius 3 is 2.13 bits per heavy atom. The van der Waals surface area contributed by atoms with Crippen molar-refractivity contribution in [1.29, 1.82) is 0 Å². The summed E-state index contributed by atoms with van der Waals surface area (Å²) in [5.74, 6) is 1.00. The van der Waals surface area contributed by atoms with E-state index in [0.717, 1.165) is 11.3 Å². The van der Waals surface area contributed by atoms with Crippen LogP contribution >= 0.6 is 0 Å². The second kappa shape index (κ2) is 8.00. The highest BCUT2D eigenvalue weighted by Gasteiger charge is 2.19. The molecule has 0 atom stereocenters. The molecule has 4 aromatic rings. The lowest BCUT2D eigenvalue weighted by Gasteiger charge is -2.14. The van der Waals surface area contributed by atoms with E-state index in [1.165, 1.54) is 19.2 Å². The smallest absolute Gasteiger partial charge is 0.263 e. The lowest BCUT2D eigenvalue weighted by molar-refractivity contribution is 0.414. The predicted molar refractivity (Wildman–Crippen MR) is 118 cm³/mol. The van der Waals surface area contributed by atoms with Gasteiger partial charge in [0.1, 0.15) is 5.75 Å². The van der Waals surface area contributed by atoms with Crippen LogP contribution in [0.5, 0.6) is 5.75 Å². The van der Waals surface area contributed by atoms with E-state index >= 15 is 0 Å². The van der Waals surface area contributed by atoms with Gasteiger partial charge in [0.05, 0.1) is 23.0 Å². The molecular formula is C22H20N4O3S. The molecule has 0 saturated carbocycles. The standard InChI is InChI=1S/C22H20N4O3S/c1-15-6-5-7-16(14-15)23-21-22(25-20-9-4-3-8-19(20)24-21)26-30(27,28)18-12-10-17(29-2)11-13-18/h3-14H,1-2H3,(H,23,24)(H,25,26). The number of hydrogen-bond acceptors (Lipinski definition) is 6. The number of anilines is 3. The number of benzene rings is 3. The summed E-state index contributed by atoms with van der Waals surface area (Å²) in [5.41, 5.74) is 3.08. The fourth-order valence-corrected chi connectivity index (χ4v) is 3.97. The largest absolute Gasteiger partial charge is 0.497 e. The molecule has 8 heteroatoms. The molecule has 0 aliphatic heterocycles. The van der Waals surface area contributed by atoms with Crippen molar-refractivity contribution in [3.05, 3.63) is 78.4 Å². The molecule has 0 amide bonds. The highest BCUT2D eigenvalue weighted by Crippen LogP contribution is 2.27. The second-order valence-corrected chi connectivity index (χ2v) is 8.37. The molecule has 1 heterocycles.